The van der Waals surface area contributed by atoms with Gasteiger partial charge in [0, 0.05) is 31.6 Å². The number of rotatable bonds is 5. The van der Waals surface area contributed by atoms with E-state index >= 15 is 0 Å². The molecule has 1 aromatic rings. The minimum absolute atomic E-state index is 0.0594. The molecule has 1 saturated heterocycles. The maximum Gasteiger partial charge on any atom is 0.153 e. The summed E-state index contributed by atoms with van der Waals surface area (Å²) in [6.45, 7) is 7.15. The lowest BCUT2D eigenvalue weighted by Crippen LogP contribution is -2.62. The molecule has 5 aliphatic rings. The van der Waals surface area contributed by atoms with Crippen LogP contribution in [0.2, 0.25) is 0 Å². The number of Topliss-reactive ketones (excluding diaryl/α,β-unsaturated/α-hetero) is 1. The number of hydrogen-bond acceptors (Lipinski definition) is 3. The average molecular weight is 367 g/mol. The Morgan fingerprint density at radius 2 is 1.85 bits per heavy atom. The summed E-state index contributed by atoms with van der Waals surface area (Å²) in [5.74, 6) is 1.31. The van der Waals surface area contributed by atoms with Crippen molar-refractivity contribution in [1.82, 2.24) is 10.2 Å². The number of ketones is 1. The standard InChI is InChI=1S/C24H34N2O/c1-2-22-12-19-13-23(16-22,20-6-4-3-5-7-20)18-24(14-19,17-22)21(27)15-26-10-8-25-9-11-26/h3-7,19,25H,2,8-18H2,1H3/t19?,22-,23-,24?/m1/s1. The summed E-state index contributed by atoms with van der Waals surface area (Å²) in [5, 5.41) is 3.41. The van der Waals surface area contributed by atoms with Gasteiger partial charge in [-0.1, -0.05) is 43.7 Å². The first-order valence-corrected chi connectivity index (χ1v) is 11.1. The van der Waals surface area contributed by atoms with Crippen LogP contribution < -0.4 is 5.32 Å². The molecule has 4 saturated carbocycles. The largest absolute Gasteiger partial charge is 0.314 e. The van der Waals surface area contributed by atoms with Gasteiger partial charge in [-0.25, -0.2) is 0 Å². The van der Waals surface area contributed by atoms with Gasteiger partial charge in [0.25, 0.3) is 0 Å². The normalized spacial score (nSPS) is 41.0. The van der Waals surface area contributed by atoms with Crippen LogP contribution in [0.25, 0.3) is 0 Å². The molecule has 3 nitrogen and oxygen atoms in total. The van der Waals surface area contributed by atoms with Gasteiger partial charge in [0.1, 0.15) is 0 Å². The molecule has 6 rings (SSSR count). The first-order valence-electron chi connectivity index (χ1n) is 11.1. The van der Waals surface area contributed by atoms with Gasteiger partial charge in [0.15, 0.2) is 5.78 Å². The second-order valence-corrected chi connectivity index (χ2v) is 10.2. The lowest BCUT2D eigenvalue weighted by molar-refractivity contribution is -0.162. The molecule has 27 heavy (non-hydrogen) atoms. The van der Waals surface area contributed by atoms with E-state index < -0.39 is 0 Å². The molecule has 0 amide bonds. The van der Waals surface area contributed by atoms with Crippen LogP contribution in [0.1, 0.15) is 57.4 Å². The zero-order valence-electron chi connectivity index (χ0n) is 16.8. The van der Waals surface area contributed by atoms with Gasteiger partial charge in [-0.3, -0.25) is 9.69 Å². The third kappa shape index (κ3) is 2.89. The molecule has 0 aromatic heterocycles. The van der Waals surface area contributed by atoms with Crippen molar-refractivity contribution in [2.45, 2.75) is 57.3 Å². The molecule has 4 atom stereocenters. The van der Waals surface area contributed by atoms with Crippen molar-refractivity contribution in [3.63, 3.8) is 0 Å². The molecule has 1 heterocycles. The number of benzene rings is 1. The van der Waals surface area contributed by atoms with Gasteiger partial charge in [0.05, 0.1) is 6.54 Å². The fraction of sp³-hybridized carbons (Fsp3) is 0.708. The van der Waals surface area contributed by atoms with Crippen molar-refractivity contribution in [2.75, 3.05) is 32.7 Å². The SMILES string of the molecule is CC[C@]12CC3CC(C(=O)CN4CCNCC4)(C1)C[C@@](c1ccccc1)(C3)C2. The summed E-state index contributed by atoms with van der Waals surface area (Å²) in [4.78, 5) is 16.1. The highest BCUT2D eigenvalue weighted by Gasteiger charge is 2.65. The molecule has 0 spiro atoms. The van der Waals surface area contributed by atoms with Gasteiger partial charge >= 0.3 is 0 Å². The molecule has 2 unspecified atom stereocenters. The molecular weight excluding hydrogens is 332 g/mol. The third-order valence-electron chi connectivity index (χ3n) is 8.49. The highest BCUT2D eigenvalue weighted by molar-refractivity contribution is 5.87. The zero-order valence-corrected chi connectivity index (χ0v) is 16.8. The highest BCUT2D eigenvalue weighted by atomic mass is 16.1. The summed E-state index contributed by atoms with van der Waals surface area (Å²) in [5.41, 5.74) is 2.09. The molecule has 1 N–H and O–H groups in total. The van der Waals surface area contributed by atoms with E-state index in [0.717, 1.165) is 51.4 Å². The van der Waals surface area contributed by atoms with Crippen LogP contribution in [0.5, 0.6) is 0 Å². The molecule has 4 bridgehead atoms. The fourth-order valence-corrected chi connectivity index (χ4v) is 7.70. The maximum absolute atomic E-state index is 13.7. The summed E-state index contributed by atoms with van der Waals surface area (Å²) in [6, 6.07) is 11.2. The molecule has 4 aliphatic carbocycles. The van der Waals surface area contributed by atoms with E-state index in [1.165, 1.54) is 31.2 Å². The molecule has 5 fully saturated rings. The minimum atomic E-state index is -0.0594. The number of hydrogen-bond donors (Lipinski definition) is 1. The fourth-order valence-electron chi connectivity index (χ4n) is 7.70. The summed E-state index contributed by atoms with van der Waals surface area (Å²) >= 11 is 0. The second-order valence-electron chi connectivity index (χ2n) is 10.2. The van der Waals surface area contributed by atoms with E-state index in [9.17, 15) is 4.79 Å². The number of piperazine rings is 1. The van der Waals surface area contributed by atoms with Crippen molar-refractivity contribution in [1.29, 1.82) is 0 Å². The molecule has 3 heteroatoms. The van der Waals surface area contributed by atoms with E-state index in [-0.39, 0.29) is 10.8 Å². The van der Waals surface area contributed by atoms with Crippen LogP contribution in [0.15, 0.2) is 30.3 Å². The van der Waals surface area contributed by atoms with E-state index in [2.05, 4.69) is 47.5 Å². The van der Waals surface area contributed by atoms with Crippen LogP contribution in [0.4, 0.5) is 0 Å². The van der Waals surface area contributed by atoms with Crippen LogP contribution in [0.3, 0.4) is 0 Å². The van der Waals surface area contributed by atoms with Crippen molar-refractivity contribution in [3.8, 4) is 0 Å². The Morgan fingerprint density at radius 1 is 1.07 bits per heavy atom. The quantitative estimate of drug-likeness (QED) is 0.861. The lowest BCUT2D eigenvalue weighted by atomic mass is 9.37. The van der Waals surface area contributed by atoms with E-state index in [1.54, 1.807) is 0 Å². The van der Waals surface area contributed by atoms with Gasteiger partial charge in [0.2, 0.25) is 0 Å². The zero-order chi connectivity index (χ0) is 18.5. The van der Waals surface area contributed by atoms with Crippen LogP contribution in [-0.2, 0) is 10.2 Å². The van der Waals surface area contributed by atoms with Crippen molar-refractivity contribution >= 4 is 5.78 Å². The summed E-state index contributed by atoms with van der Waals surface area (Å²) in [7, 11) is 0. The molecule has 1 aromatic carbocycles. The minimum Gasteiger partial charge on any atom is -0.314 e. The Balaban J connectivity index is 1.48. The Morgan fingerprint density at radius 3 is 2.59 bits per heavy atom. The maximum atomic E-state index is 13.7. The van der Waals surface area contributed by atoms with E-state index in [1.807, 2.05) is 0 Å². The first-order chi connectivity index (χ1) is 13.1. The average Bonchev–Trinajstić information content (AvgIpc) is 2.68. The van der Waals surface area contributed by atoms with Gasteiger partial charge < -0.3 is 5.32 Å². The Hall–Kier alpha value is -1.19. The highest BCUT2D eigenvalue weighted by Crippen LogP contribution is 2.71. The number of carbonyl (C=O) groups is 1. The topological polar surface area (TPSA) is 32.3 Å². The molecular formula is C24H34N2O. The Bertz CT molecular complexity index is 712. The number of carbonyl (C=O) groups excluding carboxylic acids is 1. The molecule has 0 radical (unpaired) electrons. The monoisotopic (exact) mass is 366 g/mol. The number of nitrogens with one attached hydrogen (secondary N) is 1. The summed E-state index contributed by atoms with van der Waals surface area (Å²) < 4.78 is 0. The first kappa shape index (κ1) is 17.9. The van der Waals surface area contributed by atoms with Gasteiger partial charge in [-0.05, 0) is 60.8 Å². The third-order valence-corrected chi connectivity index (χ3v) is 8.49. The number of nitrogens with zero attached hydrogens (tertiary/aromatic N) is 1. The van der Waals surface area contributed by atoms with Crippen LogP contribution in [-0.4, -0.2) is 43.4 Å². The predicted octanol–water partition coefficient (Wildman–Crippen LogP) is 3.78. The predicted molar refractivity (Wildman–Crippen MR) is 109 cm³/mol. The van der Waals surface area contributed by atoms with Crippen molar-refractivity contribution in [2.24, 2.45) is 16.7 Å². The Kier molecular flexibility index (Phi) is 4.25. The van der Waals surface area contributed by atoms with Crippen LogP contribution >= 0.6 is 0 Å². The van der Waals surface area contributed by atoms with Crippen molar-refractivity contribution in [3.05, 3.63) is 35.9 Å². The second kappa shape index (κ2) is 6.42. The van der Waals surface area contributed by atoms with Crippen molar-refractivity contribution < 1.29 is 4.79 Å². The smallest absolute Gasteiger partial charge is 0.153 e. The lowest BCUT2D eigenvalue weighted by Gasteiger charge is -2.66. The Labute approximate surface area is 163 Å². The molecule has 1 aliphatic heterocycles. The molecule has 146 valence electrons. The van der Waals surface area contributed by atoms with E-state index in [0.29, 0.717) is 17.7 Å². The summed E-state index contributed by atoms with van der Waals surface area (Å²) in [6.07, 6.45) is 8.64. The van der Waals surface area contributed by atoms with Gasteiger partial charge in [-0.15, -0.1) is 0 Å². The van der Waals surface area contributed by atoms with Gasteiger partial charge in [-0.2, -0.15) is 0 Å². The van der Waals surface area contributed by atoms with Crippen LogP contribution in [0, 0.1) is 16.7 Å². The van der Waals surface area contributed by atoms with E-state index in [4.69, 9.17) is 0 Å².